The van der Waals surface area contributed by atoms with Gasteiger partial charge < -0.3 is 5.32 Å². The average Bonchev–Trinajstić information content (AvgIpc) is 3.02. The SMILES string of the molecule is CNCC1CCCN(S(=O)(=O)c2cccc(-c3nc(C)cs3)c2)C1. The van der Waals surface area contributed by atoms with E-state index in [1.54, 1.807) is 22.5 Å². The molecule has 1 aromatic carbocycles. The van der Waals surface area contributed by atoms with Crippen LogP contribution in [0.4, 0.5) is 0 Å². The number of sulfonamides is 1. The van der Waals surface area contributed by atoms with Gasteiger partial charge in [0, 0.05) is 29.7 Å². The van der Waals surface area contributed by atoms with Crippen molar-refractivity contribution in [3.63, 3.8) is 0 Å². The van der Waals surface area contributed by atoms with Gasteiger partial charge in [-0.1, -0.05) is 12.1 Å². The standard InChI is InChI=1S/C17H23N3O2S2/c1-13-12-23-17(19-13)15-6-3-7-16(9-15)24(21,22)20-8-4-5-14(11-20)10-18-2/h3,6-7,9,12,14,18H,4-5,8,10-11H2,1-2H3. The molecule has 0 bridgehead atoms. The van der Waals surface area contributed by atoms with Crippen molar-refractivity contribution in [1.82, 2.24) is 14.6 Å². The molecule has 0 saturated carbocycles. The Hall–Kier alpha value is -1.28. The lowest BCUT2D eigenvalue weighted by molar-refractivity contribution is 0.263. The molecule has 24 heavy (non-hydrogen) atoms. The second-order valence-electron chi connectivity index (χ2n) is 6.25. The first-order valence-corrected chi connectivity index (χ1v) is 10.5. The monoisotopic (exact) mass is 365 g/mol. The molecule has 2 aromatic rings. The Bertz CT molecular complexity index is 800. The fraction of sp³-hybridized carbons (Fsp3) is 0.471. The van der Waals surface area contributed by atoms with Gasteiger partial charge in [-0.05, 0) is 51.4 Å². The van der Waals surface area contributed by atoms with E-state index < -0.39 is 10.0 Å². The summed E-state index contributed by atoms with van der Waals surface area (Å²) in [6.45, 7) is 3.98. The van der Waals surface area contributed by atoms with Gasteiger partial charge in [-0.15, -0.1) is 11.3 Å². The van der Waals surface area contributed by atoms with Crippen LogP contribution in [-0.4, -0.2) is 44.4 Å². The smallest absolute Gasteiger partial charge is 0.243 e. The van der Waals surface area contributed by atoms with E-state index in [2.05, 4.69) is 10.3 Å². The maximum absolute atomic E-state index is 13.0. The Balaban J connectivity index is 1.87. The number of thiazole rings is 1. The van der Waals surface area contributed by atoms with Gasteiger partial charge in [-0.2, -0.15) is 4.31 Å². The highest BCUT2D eigenvalue weighted by Gasteiger charge is 2.30. The molecule has 0 spiro atoms. The molecule has 0 radical (unpaired) electrons. The third-order valence-electron chi connectivity index (χ3n) is 4.31. The number of aryl methyl sites for hydroxylation is 1. The summed E-state index contributed by atoms with van der Waals surface area (Å²) < 4.78 is 27.7. The first kappa shape index (κ1) is 17.5. The van der Waals surface area contributed by atoms with E-state index in [1.165, 1.54) is 11.3 Å². The molecule has 130 valence electrons. The largest absolute Gasteiger partial charge is 0.319 e. The van der Waals surface area contributed by atoms with E-state index in [9.17, 15) is 8.42 Å². The molecule has 1 atom stereocenters. The van der Waals surface area contributed by atoms with Crippen LogP contribution >= 0.6 is 11.3 Å². The van der Waals surface area contributed by atoms with Crippen molar-refractivity contribution >= 4 is 21.4 Å². The molecular formula is C17H23N3O2S2. The summed E-state index contributed by atoms with van der Waals surface area (Å²) in [7, 11) is -1.54. The highest BCUT2D eigenvalue weighted by atomic mass is 32.2. The molecule has 2 heterocycles. The van der Waals surface area contributed by atoms with Crippen LogP contribution in [0.2, 0.25) is 0 Å². The van der Waals surface area contributed by atoms with Gasteiger partial charge in [-0.3, -0.25) is 0 Å². The van der Waals surface area contributed by atoms with E-state index >= 15 is 0 Å². The minimum atomic E-state index is -3.45. The van der Waals surface area contributed by atoms with Gasteiger partial charge in [-0.25, -0.2) is 13.4 Å². The zero-order chi connectivity index (χ0) is 17.2. The predicted octanol–water partition coefficient (Wildman–Crippen LogP) is 2.74. The first-order chi connectivity index (χ1) is 11.5. The topological polar surface area (TPSA) is 62.3 Å². The quantitative estimate of drug-likeness (QED) is 0.885. The van der Waals surface area contributed by atoms with Gasteiger partial charge >= 0.3 is 0 Å². The molecular weight excluding hydrogens is 342 g/mol. The Kier molecular flexibility index (Phi) is 5.34. The van der Waals surface area contributed by atoms with Crippen LogP contribution in [-0.2, 0) is 10.0 Å². The number of nitrogens with one attached hydrogen (secondary N) is 1. The van der Waals surface area contributed by atoms with Crippen molar-refractivity contribution in [1.29, 1.82) is 0 Å². The van der Waals surface area contributed by atoms with Crippen molar-refractivity contribution in [2.75, 3.05) is 26.7 Å². The third kappa shape index (κ3) is 3.69. The Morgan fingerprint density at radius 1 is 1.42 bits per heavy atom. The molecule has 5 nitrogen and oxygen atoms in total. The second-order valence-corrected chi connectivity index (χ2v) is 9.05. The number of nitrogens with zero attached hydrogens (tertiary/aromatic N) is 2. The Labute approximate surface area is 147 Å². The van der Waals surface area contributed by atoms with E-state index in [4.69, 9.17) is 0 Å². The van der Waals surface area contributed by atoms with Gasteiger partial charge in [0.15, 0.2) is 0 Å². The number of hydrogen-bond donors (Lipinski definition) is 1. The van der Waals surface area contributed by atoms with Gasteiger partial charge in [0.1, 0.15) is 5.01 Å². The van der Waals surface area contributed by atoms with Crippen molar-refractivity contribution in [2.24, 2.45) is 5.92 Å². The number of piperidine rings is 1. The van der Waals surface area contributed by atoms with Crippen LogP contribution in [0.1, 0.15) is 18.5 Å². The predicted molar refractivity (Wildman–Crippen MR) is 97.7 cm³/mol. The summed E-state index contributed by atoms with van der Waals surface area (Å²) in [6, 6.07) is 7.14. The number of benzene rings is 1. The lowest BCUT2D eigenvalue weighted by Crippen LogP contribution is -2.42. The molecule has 1 saturated heterocycles. The van der Waals surface area contributed by atoms with Crippen LogP contribution < -0.4 is 5.32 Å². The molecule has 7 heteroatoms. The van der Waals surface area contributed by atoms with Gasteiger partial charge in [0.25, 0.3) is 0 Å². The minimum Gasteiger partial charge on any atom is -0.319 e. The van der Waals surface area contributed by atoms with Crippen LogP contribution in [0.5, 0.6) is 0 Å². The van der Waals surface area contributed by atoms with E-state index in [1.807, 2.05) is 25.4 Å². The molecule has 1 aromatic heterocycles. The summed E-state index contributed by atoms with van der Waals surface area (Å²) in [4.78, 5) is 4.81. The highest BCUT2D eigenvalue weighted by Crippen LogP contribution is 2.28. The van der Waals surface area contributed by atoms with Gasteiger partial charge in [0.2, 0.25) is 10.0 Å². The van der Waals surface area contributed by atoms with E-state index in [0.717, 1.165) is 35.7 Å². The number of hydrogen-bond acceptors (Lipinski definition) is 5. The molecule has 1 N–H and O–H groups in total. The van der Waals surface area contributed by atoms with Crippen molar-refractivity contribution in [3.8, 4) is 10.6 Å². The summed E-state index contributed by atoms with van der Waals surface area (Å²) in [5.74, 6) is 0.378. The zero-order valence-corrected chi connectivity index (χ0v) is 15.7. The summed E-state index contributed by atoms with van der Waals surface area (Å²) >= 11 is 1.54. The molecule has 3 rings (SSSR count). The fourth-order valence-corrected chi connectivity index (χ4v) is 5.52. The van der Waals surface area contributed by atoms with E-state index in [0.29, 0.717) is 23.9 Å². The van der Waals surface area contributed by atoms with Crippen LogP contribution in [0.3, 0.4) is 0 Å². The Morgan fingerprint density at radius 2 is 2.25 bits per heavy atom. The lowest BCUT2D eigenvalue weighted by atomic mass is 10.00. The van der Waals surface area contributed by atoms with Gasteiger partial charge in [0.05, 0.1) is 4.90 Å². The molecule has 1 fully saturated rings. The van der Waals surface area contributed by atoms with Crippen LogP contribution in [0.25, 0.3) is 10.6 Å². The van der Waals surface area contributed by atoms with Crippen molar-refractivity contribution in [3.05, 3.63) is 35.3 Å². The summed E-state index contributed by atoms with van der Waals surface area (Å²) in [6.07, 6.45) is 1.99. The average molecular weight is 366 g/mol. The molecule has 1 unspecified atom stereocenters. The highest BCUT2D eigenvalue weighted by molar-refractivity contribution is 7.89. The maximum atomic E-state index is 13.0. The zero-order valence-electron chi connectivity index (χ0n) is 14.0. The van der Waals surface area contributed by atoms with E-state index in [-0.39, 0.29) is 0 Å². The van der Waals surface area contributed by atoms with Crippen molar-refractivity contribution < 1.29 is 8.42 Å². The fourth-order valence-electron chi connectivity index (χ4n) is 3.13. The lowest BCUT2D eigenvalue weighted by Gasteiger charge is -2.31. The molecule has 0 amide bonds. The second kappa shape index (κ2) is 7.31. The normalized spacial score (nSPS) is 19.5. The maximum Gasteiger partial charge on any atom is 0.243 e. The molecule has 1 aliphatic rings. The molecule has 0 aliphatic carbocycles. The van der Waals surface area contributed by atoms with Crippen LogP contribution in [0, 0.1) is 12.8 Å². The minimum absolute atomic E-state index is 0.359. The number of aromatic nitrogens is 1. The summed E-state index contributed by atoms with van der Waals surface area (Å²) in [5, 5.41) is 5.99. The van der Waals surface area contributed by atoms with Crippen molar-refractivity contribution in [2.45, 2.75) is 24.7 Å². The molecule has 1 aliphatic heterocycles. The first-order valence-electron chi connectivity index (χ1n) is 8.18. The third-order valence-corrected chi connectivity index (χ3v) is 7.18. The summed E-state index contributed by atoms with van der Waals surface area (Å²) in [5.41, 5.74) is 1.81. The Morgan fingerprint density at radius 3 is 2.96 bits per heavy atom. The van der Waals surface area contributed by atoms with Crippen LogP contribution in [0.15, 0.2) is 34.5 Å². The number of rotatable bonds is 5.